The van der Waals surface area contributed by atoms with Crippen LogP contribution in [0, 0.1) is 16.0 Å². The Bertz CT molecular complexity index is 510. The number of benzene rings is 1. The van der Waals surface area contributed by atoms with Crippen LogP contribution >= 0.6 is 23.2 Å². The average molecular weight is 305 g/mol. The molecule has 1 aromatic carbocycles. The van der Waals surface area contributed by atoms with Gasteiger partial charge in [0.05, 0.1) is 27.6 Å². The first-order valence-corrected chi connectivity index (χ1v) is 6.72. The van der Waals surface area contributed by atoms with Crippen LogP contribution in [-0.2, 0) is 0 Å². The number of aliphatic hydroxyl groups is 1. The van der Waals surface area contributed by atoms with Crippen LogP contribution in [0.25, 0.3) is 0 Å². The lowest BCUT2D eigenvalue weighted by Crippen LogP contribution is -2.35. The summed E-state index contributed by atoms with van der Waals surface area (Å²) in [6, 6.07) is 2.63. The van der Waals surface area contributed by atoms with E-state index in [1.807, 2.05) is 11.8 Å². The second kappa shape index (κ2) is 5.53. The molecule has 5 nitrogen and oxygen atoms in total. The molecular formula is C12H14Cl2N2O3. The number of hydrogen-bond acceptors (Lipinski definition) is 4. The lowest BCUT2D eigenvalue weighted by Gasteiger charge is -2.27. The number of halogens is 2. The van der Waals surface area contributed by atoms with E-state index in [0.29, 0.717) is 12.2 Å². The van der Waals surface area contributed by atoms with Crippen molar-refractivity contribution in [2.75, 3.05) is 18.1 Å². The van der Waals surface area contributed by atoms with E-state index in [9.17, 15) is 15.2 Å². The summed E-state index contributed by atoms with van der Waals surface area (Å²) < 4.78 is 0. The van der Waals surface area contributed by atoms with Gasteiger partial charge in [0.2, 0.25) is 0 Å². The Labute approximate surface area is 120 Å². The van der Waals surface area contributed by atoms with Gasteiger partial charge in [-0.05, 0) is 18.4 Å². The van der Waals surface area contributed by atoms with Crippen LogP contribution in [-0.4, -0.2) is 29.2 Å². The molecule has 19 heavy (non-hydrogen) atoms. The largest absolute Gasteiger partial charge is 0.394 e. The Hall–Kier alpha value is -1.04. The Kier molecular flexibility index (Phi) is 4.18. The highest BCUT2D eigenvalue weighted by molar-refractivity contribution is 6.42. The lowest BCUT2D eigenvalue weighted by atomic mass is 10.0. The van der Waals surface area contributed by atoms with Gasteiger partial charge in [-0.25, -0.2) is 0 Å². The van der Waals surface area contributed by atoms with E-state index in [1.54, 1.807) is 0 Å². The summed E-state index contributed by atoms with van der Waals surface area (Å²) in [5.41, 5.74) is 0.338. The van der Waals surface area contributed by atoms with Gasteiger partial charge in [-0.15, -0.1) is 0 Å². The molecule has 7 heteroatoms. The summed E-state index contributed by atoms with van der Waals surface area (Å²) in [4.78, 5) is 12.5. The second-order valence-corrected chi connectivity index (χ2v) is 5.54. The van der Waals surface area contributed by atoms with Gasteiger partial charge in [-0.1, -0.05) is 30.1 Å². The Morgan fingerprint density at radius 2 is 2.11 bits per heavy atom. The maximum absolute atomic E-state index is 11.1. The number of anilines is 1. The van der Waals surface area contributed by atoms with Crippen molar-refractivity contribution in [2.24, 2.45) is 5.92 Å². The van der Waals surface area contributed by atoms with Gasteiger partial charge < -0.3 is 10.0 Å². The molecule has 1 aromatic rings. The topological polar surface area (TPSA) is 66.6 Å². The Morgan fingerprint density at radius 3 is 2.68 bits per heavy atom. The van der Waals surface area contributed by atoms with Crippen LogP contribution in [0.2, 0.25) is 10.0 Å². The number of nitro benzene ring substituents is 1. The Balaban J connectivity index is 2.49. The molecule has 0 aliphatic carbocycles. The second-order valence-electron chi connectivity index (χ2n) is 4.72. The smallest absolute Gasteiger partial charge is 0.294 e. The standard InChI is InChI=1S/C12H14Cl2N2O3/c1-7-2-3-15(12(7)6-17)10-4-8(13)9(14)5-11(10)16(18)19/h4-5,7,12,17H,2-3,6H2,1H3. The highest BCUT2D eigenvalue weighted by Crippen LogP contribution is 2.40. The van der Waals surface area contributed by atoms with Crippen LogP contribution in [0.4, 0.5) is 11.4 Å². The molecular weight excluding hydrogens is 291 g/mol. The van der Waals surface area contributed by atoms with Gasteiger partial charge in [0, 0.05) is 12.6 Å². The maximum atomic E-state index is 11.1. The lowest BCUT2D eigenvalue weighted by molar-refractivity contribution is -0.384. The molecule has 1 N–H and O–H groups in total. The molecule has 1 aliphatic rings. The van der Waals surface area contributed by atoms with Gasteiger partial charge >= 0.3 is 0 Å². The third-order valence-corrected chi connectivity index (χ3v) is 4.32. The predicted octanol–water partition coefficient (Wildman–Crippen LogP) is 3.11. The number of hydrogen-bond donors (Lipinski definition) is 1. The summed E-state index contributed by atoms with van der Waals surface area (Å²) in [5.74, 6) is 0.277. The molecule has 1 saturated heterocycles. The van der Waals surface area contributed by atoms with Crippen molar-refractivity contribution in [3.05, 3.63) is 32.3 Å². The van der Waals surface area contributed by atoms with E-state index >= 15 is 0 Å². The van der Waals surface area contributed by atoms with Gasteiger partial charge in [0.1, 0.15) is 5.69 Å². The number of aliphatic hydroxyl groups excluding tert-OH is 1. The fourth-order valence-corrected chi connectivity index (χ4v) is 2.80. The molecule has 0 spiro atoms. The van der Waals surface area contributed by atoms with Crippen LogP contribution in [0.5, 0.6) is 0 Å². The quantitative estimate of drug-likeness (QED) is 0.688. The maximum Gasteiger partial charge on any atom is 0.294 e. The van der Waals surface area contributed by atoms with E-state index in [4.69, 9.17) is 23.2 Å². The summed E-state index contributed by atoms with van der Waals surface area (Å²) in [6.07, 6.45) is 0.878. The van der Waals surface area contributed by atoms with Gasteiger partial charge in [0.15, 0.2) is 0 Å². The highest BCUT2D eigenvalue weighted by Gasteiger charge is 2.34. The number of nitro groups is 1. The first-order valence-electron chi connectivity index (χ1n) is 5.96. The highest BCUT2D eigenvalue weighted by atomic mass is 35.5. The summed E-state index contributed by atoms with van der Waals surface area (Å²) in [7, 11) is 0. The van der Waals surface area contributed by atoms with Gasteiger partial charge in [0.25, 0.3) is 5.69 Å². The minimum Gasteiger partial charge on any atom is -0.394 e. The zero-order valence-corrected chi connectivity index (χ0v) is 11.9. The van der Waals surface area contributed by atoms with E-state index in [-0.39, 0.29) is 34.3 Å². The fourth-order valence-electron chi connectivity index (χ4n) is 2.49. The van der Waals surface area contributed by atoms with Crippen molar-refractivity contribution in [3.8, 4) is 0 Å². The molecule has 0 aromatic heterocycles. The normalized spacial score (nSPS) is 22.8. The van der Waals surface area contributed by atoms with E-state index in [2.05, 4.69) is 0 Å². The SMILES string of the molecule is CC1CCN(c2cc(Cl)c(Cl)cc2[N+](=O)[O-])C1CO. The van der Waals surface area contributed by atoms with Crippen LogP contribution in [0.1, 0.15) is 13.3 Å². The predicted molar refractivity (Wildman–Crippen MR) is 75.1 cm³/mol. The van der Waals surface area contributed by atoms with Gasteiger partial charge in [-0.3, -0.25) is 10.1 Å². The molecule has 1 heterocycles. The van der Waals surface area contributed by atoms with E-state index < -0.39 is 4.92 Å². The summed E-state index contributed by atoms with van der Waals surface area (Å²) in [6.45, 7) is 2.63. The van der Waals surface area contributed by atoms with E-state index in [0.717, 1.165) is 6.42 Å². The molecule has 0 bridgehead atoms. The van der Waals surface area contributed by atoms with Crippen molar-refractivity contribution in [1.82, 2.24) is 0 Å². The molecule has 1 aliphatic heterocycles. The van der Waals surface area contributed by atoms with Crippen LogP contribution in [0.3, 0.4) is 0 Å². The third kappa shape index (κ3) is 2.63. The monoisotopic (exact) mass is 304 g/mol. The van der Waals surface area contributed by atoms with Gasteiger partial charge in [-0.2, -0.15) is 0 Å². The molecule has 1 fully saturated rings. The van der Waals surface area contributed by atoms with Crippen molar-refractivity contribution in [2.45, 2.75) is 19.4 Å². The summed E-state index contributed by atoms with van der Waals surface area (Å²) >= 11 is 11.8. The van der Waals surface area contributed by atoms with Crippen molar-refractivity contribution in [3.63, 3.8) is 0 Å². The summed E-state index contributed by atoms with van der Waals surface area (Å²) in [5, 5.41) is 21.0. The molecule has 0 radical (unpaired) electrons. The average Bonchev–Trinajstić information content (AvgIpc) is 2.72. The van der Waals surface area contributed by atoms with Crippen molar-refractivity contribution in [1.29, 1.82) is 0 Å². The minimum atomic E-state index is -0.477. The zero-order chi connectivity index (χ0) is 14.2. The van der Waals surface area contributed by atoms with Crippen LogP contribution < -0.4 is 4.90 Å². The number of rotatable bonds is 3. The minimum absolute atomic E-state index is 0.0431. The molecule has 2 atom stereocenters. The van der Waals surface area contributed by atoms with Crippen molar-refractivity contribution < 1.29 is 10.0 Å². The van der Waals surface area contributed by atoms with Crippen LogP contribution in [0.15, 0.2) is 12.1 Å². The third-order valence-electron chi connectivity index (χ3n) is 3.59. The molecule has 0 saturated carbocycles. The molecule has 104 valence electrons. The molecule has 0 amide bonds. The first-order chi connectivity index (χ1) is 8.95. The number of nitrogens with zero attached hydrogens (tertiary/aromatic N) is 2. The Morgan fingerprint density at radius 1 is 1.47 bits per heavy atom. The zero-order valence-electron chi connectivity index (χ0n) is 10.3. The van der Waals surface area contributed by atoms with Crippen molar-refractivity contribution >= 4 is 34.6 Å². The fraction of sp³-hybridized carbons (Fsp3) is 0.500. The van der Waals surface area contributed by atoms with E-state index in [1.165, 1.54) is 12.1 Å². The molecule has 2 rings (SSSR count). The first kappa shape index (κ1) is 14.4. The molecule has 2 unspecified atom stereocenters.